The number of hydrogen-bond donors (Lipinski definition) is 2. The van der Waals surface area contributed by atoms with Gasteiger partial charge < -0.3 is 4.90 Å². The van der Waals surface area contributed by atoms with Gasteiger partial charge in [-0.3, -0.25) is 10.1 Å². The number of nitrogens with zero attached hydrogens (tertiary/aromatic N) is 2. The molecule has 0 radical (unpaired) electrons. The van der Waals surface area contributed by atoms with Gasteiger partial charge in [0.2, 0.25) is 10.0 Å². The Morgan fingerprint density at radius 1 is 1.00 bits per heavy atom. The Morgan fingerprint density at radius 2 is 1.71 bits per heavy atom. The highest BCUT2D eigenvalue weighted by Crippen LogP contribution is 2.25. The molecule has 3 heterocycles. The Labute approximate surface area is 210 Å². The number of hydrogen-bond acceptors (Lipinski definition) is 5. The molecule has 0 saturated carbocycles. The lowest BCUT2D eigenvalue weighted by atomic mass is 10.1. The van der Waals surface area contributed by atoms with Crippen LogP contribution in [0.2, 0.25) is 0 Å². The van der Waals surface area contributed by atoms with Gasteiger partial charge in [0, 0.05) is 30.6 Å². The van der Waals surface area contributed by atoms with Crippen molar-refractivity contribution in [1.82, 2.24) is 9.29 Å². The van der Waals surface area contributed by atoms with E-state index < -0.39 is 10.0 Å². The fourth-order valence-electron chi connectivity index (χ4n) is 4.79. The smallest absolute Gasteiger partial charge is 0.257 e. The Morgan fingerprint density at radius 3 is 2.43 bits per heavy atom. The Hall–Kier alpha value is -2.59. The summed E-state index contributed by atoms with van der Waals surface area (Å²) in [6.07, 6.45) is 4.81. The van der Waals surface area contributed by atoms with Crippen molar-refractivity contribution in [2.45, 2.75) is 50.1 Å². The Balaban J connectivity index is 1.22. The molecule has 7 nitrogen and oxygen atoms in total. The molecule has 184 valence electrons. The number of carbonyl (C=O) groups is 1. The molecule has 9 heteroatoms. The molecule has 0 spiro atoms. The highest BCUT2D eigenvalue weighted by molar-refractivity contribution is 7.89. The molecule has 1 atom stereocenters. The standard InChI is InChI=1S/C26H30N4O3S2/c31-25(21-10-12-22(13-11-21)35(32,33)30-15-6-1-2-7-16-30)28-26-27-23-14-17-29(19-24(23)34-26)18-20-8-4-3-5-9-20/h3-5,8-13H,1-2,6-7,14-19H2,(H,27,28,31)/p+1. The molecule has 1 amide bonds. The normalized spacial score (nSPS) is 19.0. The molecule has 2 N–H and O–H groups in total. The summed E-state index contributed by atoms with van der Waals surface area (Å²) < 4.78 is 27.5. The van der Waals surface area contributed by atoms with Gasteiger partial charge in [0.1, 0.15) is 13.1 Å². The van der Waals surface area contributed by atoms with Crippen LogP contribution in [0.1, 0.15) is 52.2 Å². The third-order valence-electron chi connectivity index (χ3n) is 6.74. The number of aromatic nitrogens is 1. The van der Waals surface area contributed by atoms with Gasteiger partial charge in [-0.15, -0.1) is 0 Å². The second kappa shape index (κ2) is 10.6. The summed E-state index contributed by atoms with van der Waals surface area (Å²) in [7, 11) is -3.53. The van der Waals surface area contributed by atoms with Gasteiger partial charge in [-0.1, -0.05) is 54.5 Å². The van der Waals surface area contributed by atoms with Crippen molar-refractivity contribution in [3.05, 3.63) is 76.3 Å². The largest absolute Gasteiger partial charge is 0.326 e. The zero-order valence-electron chi connectivity index (χ0n) is 19.7. The Kier molecular flexibility index (Phi) is 7.29. The number of rotatable bonds is 6. The third kappa shape index (κ3) is 5.64. The van der Waals surface area contributed by atoms with Crippen LogP contribution < -0.4 is 10.2 Å². The van der Waals surface area contributed by atoms with Crippen molar-refractivity contribution in [2.24, 2.45) is 0 Å². The summed E-state index contributed by atoms with van der Waals surface area (Å²) in [6.45, 7) is 4.02. The molecule has 0 aliphatic carbocycles. The van der Waals surface area contributed by atoms with Crippen molar-refractivity contribution < 1.29 is 18.1 Å². The summed E-state index contributed by atoms with van der Waals surface area (Å²) >= 11 is 1.53. The van der Waals surface area contributed by atoms with E-state index in [0.717, 1.165) is 57.4 Å². The van der Waals surface area contributed by atoms with Crippen molar-refractivity contribution in [3.8, 4) is 0 Å². The van der Waals surface area contributed by atoms with Crippen LogP contribution in [0.15, 0.2) is 59.5 Å². The van der Waals surface area contributed by atoms with Crippen molar-refractivity contribution in [3.63, 3.8) is 0 Å². The lowest BCUT2D eigenvalue weighted by Crippen LogP contribution is -3.10. The number of amides is 1. The minimum absolute atomic E-state index is 0.238. The first kappa shape index (κ1) is 24.1. The number of fused-ring (bicyclic) bond motifs is 1. The van der Waals surface area contributed by atoms with E-state index in [4.69, 9.17) is 0 Å². The molecule has 5 rings (SSSR count). The SMILES string of the molecule is O=C(Nc1nc2c(s1)C[NH+](Cc1ccccc1)CC2)c1ccc(S(=O)(=O)N2CCCCCC2)cc1. The molecule has 2 aliphatic rings. The maximum atomic E-state index is 13.0. The number of carbonyl (C=O) groups excluding carboxylic acids is 1. The van der Waals surface area contributed by atoms with E-state index >= 15 is 0 Å². The number of benzene rings is 2. The maximum absolute atomic E-state index is 13.0. The van der Waals surface area contributed by atoms with Crippen molar-refractivity contribution in [2.75, 3.05) is 25.0 Å². The molecule has 2 aliphatic heterocycles. The highest BCUT2D eigenvalue weighted by atomic mass is 32.2. The van der Waals surface area contributed by atoms with Crippen LogP contribution in [0.3, 0.4) is 0 Å². The first-order valence-electron chi connectivity index (χ1n) is 12.3. The predicted molar refractivity (Wildman–Crippen MR) is 137 cm³/mol. The molecule has 1 fully saturated rings. The molecule has 2 aromatic carbocycles. The summed E-state index contributed by atoms with van der Waals surface area (Å²) in [5.41, 5.74) is 2.82. The molecular formula is C26H31N4O3S2+. The highest BCUT2D eigenvalue weighted by Gasteiger charge is 2.26. The van der Waals surface area contributed by atoms with Crippen LogP contribution in [-0.2, 0) is 29.5 Å². The zero-order chi connectivity index (χ0) is 24.3. The number of anilines is 1. The van der Waals surface area contributed by atoms with E-state index in [9.17, 15) is 13.2 Å². The van der Waals surface area contributed by atoms with E-state index in [2.05, 4.69) is 34.6 Å². The predicted octanol–water partition coefficient (Wildman–Crippen LogP) is 3.10. The summed E-state index contributed by atoms with van der Waals surface area (Å²) in [5, 5.41) is 3.51. The fraction of sp³-hybridized carbons (Fsp3) is 0.385. The molecule has 0 bridgehead atoms. The number of thiazole rings is 1. The van der Waals surface area contributed by atoms with Crippen LogP contribution in [0, 0.1) is 0 Å². The number of nitrogens with one attached hydrogen (secondary N) is 2. The summed E-state index contributed by atoms with van der Waals surface area (Å²) in [6, 6.07) is 16.7. The second-order valence-electron chi connectivity index (χ2n) is 9.27. The van der Waals surface area contributed by atoms with Crippen molar-refractivity contribution >= 4 is 32.4 Å². The van der Waals surface area contributed by atoms with E-state index in [1.807, 2.05) is 6.07 Å². The monoisotopic (exact) mass is 511 g/mol. The topological polar surface area (TPSA) is 83.8 Å². The summed E-state index contributed by atoms with van der Waals surface area (Å²) in [5.74, 6) is -0.275. The molecular weight excluding hydrogens is 480 g/mol. The van der Waals surface area contributed by atoms with Crippen LogP contribution in [0.4, 0.5) is 5.13 Å². The van der Waals surface area contributed by atoms with Crippen LogP contribution >= 0.6 is 11.3 Å². The summed E-state index contributed by atoms with van der Waals surface area (Å²) in [4.78, 5) is 20.4. The van der Waals surface area contributed by atoms with Gasteiger partial charge in [-0.05, 0) is 37.1 Å². The quantitative estimate of drug-likeness (QED) is 0.533. The minimum atomic E-state index is -3.53. The van der Waals surface area contributed by atoms with Crippen LogP contribution in [-0.4, -0.2) is 43.2 Å². The first-order chi connectivity index (χ1) is 17.0. The third-order valence-corrected chi connectivity index (χ3v) is 9.67. The molecule has 3 aromatic rings. The second-order valence-corrected chi connectivity index (χ2v) is 12.3. The Bertz CT molecular complexity index is 1270. The number of sulfonamides is 1. The van der Waals surface area contributed by atoms with Crippen LogP contribution in [0.5, 0.6) is 0 Å². The van der Waals surface area contributed by atoms with Gasteiger partial charge in [-0.2, -0.15) is 4.31 Å². The zero-order valence-corrected chi connectivity index (χ0v) is 21.3. The van der Waals surface area contributed by atoms with Gasteiger partial charge in [0.15, 0.2) is 5.13 Å². The van der Waals surface area contributed by atoms with Gasteiger partial charge in [-0.25, -0.2) is 13.4 Å². The lowest BCUT2D eigenvalue weighted by Gasteiger charge is -2.22. The van der Waals surface area contributed by atoms with E-state index in [1.165, 1.54) is 38.8 Å². The average Bonchev–Trinajstić information content (AvgIpc) is 3.06. The molecule has 1 aromatic heterocycles. The van der Waals surface area contributed by atoms with Crippen LogP contribution in [0.25, 0.3) is 0 Å². The van der Waals surface area contributed by atoms with E-state index in [-0.39, 0.29) is 10.8 Å². The molecule has 1 unspecified atom stereocenters. The van der Waals surface area contributed by atoms with Gasteiger partial charge >= 0.3 is 0 Å². The van der Waals surface area contributed by atoms with Crippen molar-refractivity contribution in [1.29, 1.82) is 0 Å². The minimum Gasteiger partial charge on any atom is -0.326 e. The fourth-order valence-corrected chi connectivity index (χ4v) is 7.39. The van der Waals surface area contributed by atoms with Gasteiger partial charge in [0.05, 0.1) is 22.0 Å². The first-order valence-corrected chi connectivity index (χ1v) is 14.5. The van der Waals surface area contributed by atoms with E-state index in [1.54, 1.807) is 16.4 Å². The van der Waals surface area contributed by atoms with Gasteiger partial charge in [0.25, 0.3) is 5.91 Å². The number of quaternary nitrogens is 1. The van der Waals surface area contributed by atoms with E-state index in [0.29, 0.717) is 23.8 Å². The lowest BCUT2D eigenvalue weighted by molar-refractivity contribution is -0.929. The maximum Gasteiger partial charge on any atom is 0.257 e. The molecule has 35 heavy (non-hydrogen) atoms. The molecule has 1 saturated heterocycles. The average molecular weight is 512 g/mol.